The number of imidazole rings is 1. The maximum atomic E-state index is 13.5. The Balaban J connectivity index is 1.61. The predicted octanol–water partition coefficient (Wildman–Crippen LogP) is 6.13. The molecule has 2 heterocycles. The number of aromatic nitrogens is 2. The minimum Gasteiger partial charge on any atom is -0.493 e. The van der Waals surface area contributed by atoms with Crippen LogP contribution in [0.4, 0.5) is 0 Å². The molecule has 0 aliphatic carbocycles. The monoisotopic (exact) mass is 662 g/mol. The van der Waals surface area contributed by atoms with Gasteiger partial charge >= 0.3 is 0 Å². The molecule has 2 atom stereocenters. The van der Waals surface area contributed by atoms with Crippen molar-refractivity contribution in [3.05, 3.63) is 47.8 Å². The van der Waals surface area contributed by atoms with Gasteiger partial charge in [-0.2, -0.15) is 0 Å². The number of benzene rings is 2. The number of rotatable bonds is 18. The number of nitrogens with zero attached hydrogens (tertiary/aromatic N) is 1. The Labute approximate surface area is 269 Å². The van der Waals surface area contributed by atoms with Crippen molar-refractivity contribution in [3.8, 4) is 28.7 Å². The summed E-state index contributed by atoms with van der Waals surface area (Å²) in [6.07, 6.45) is 6.37. The third kappa shape index (κ3) is 8.86. The molecule has 0 radical (unpaired) electrons. The van der Waals surface area contributed by atoms with Crippen molar-refractivity contribution in [3.63, 3.8) is 0 Å². The van der Waals surface area contributed by atoms with Gasteiger partial charge in [-0.25, -0.2) is 13.4 Å². The van der Waals surface area contributed by atoms with Crippen LogP contribution in [-0.2, 0) is 19.4 Å². The lowest BCUT2D eigenvalue weighted by atomic mass is 10.0. The molecule has 0 spiro atoms. The van der Waals surface area contributed by atoms with Gasteiger partial charge in [0.2, 0.25) is 5.75 Å². The normalized spacial score (nSPS) is 16.4. The Hall–Kier alpha value is -3.42. The van der Waals surface area contributed by atoms with Crippen molar-refractivity contribution in [2.45, 2.75) is 68.2 Å². The van der Waals surface area contributed by atoms with E-state index in [0.29, 0.717) is 61.0 Å². The Morgan fingerprint density at radius 1 is 0.933 bits per heavy atom. The number of carbonyl (C=O) groups is 1. The van der Waals surface area contributed by atoms with Crippen molar-refractivity contribution in [1.82, 2.24) is 9.97 Å². The van der Waals surface area contributed by atoms with Crippen LogP contribution in [0.2, 0.25) is 0 Å². The number of Topliss-reactive ketones (excluding diaryl/α,β-unsaturated/α-hetero) is 1. The Bertz CT molecular complexity index is 1500. The molecule has 4 rings (SSSR count). The highest BCUT2D eigenvalue weighted by Gasteiger charge is 2.33. The van der Waals surface area contributed by atoms with Gasteiger partial charge in [0.1, 0.15) is 16.4 Å². The van der Waals surface area contributed by atoms with Crippen molar-refractivity contribution in [2.75, 3.05) is 46.0 Å². The molecule has 1 saturated heterocycles. The number of carbonyl (C=O) groups excluding carboxylic acids is 1. The minimum atomic E-state index is -4.02. The number of hydrogen-bond acceptors (Lipinski definition) is 11. The van der Waals surface area contributed by atoms with Gasteiger partial charge in [0, 0.05) is 18.1 Å². The van der Waals surface area contributed by atoms with Crippen LogP contribution in [0.25, 0.3) is 0 Å². The van der Waals surface area contributed by atoms with Gasteiger partial charge in [-0.3, -0.25) is 4.79 Å². The molecule has 1 aromatic heterocycles. The van der Waals surface area contributed by atoms with E-state index in [2.05, 4.69) is 9.97 Å². The molecule has 0 bridgehead atoms. The molecule has 246 valence electrons. The van der Waals surface area contributed by atoms with E-state index in [0.717, 1.165) is 29.3 Å². The number of thioether (sulfide) groups is 1. The number of aromatic amines is 1. The van der Waals surface area contributed by atoms with Gasteiger partial charge in [-0.1, -0.05) is 18.7 Å². The van der Waals surface area contributed by atoms with Crippen molar-refractivity contribution in [2.24, 2.45) is 0 Å². The number of hydrogen-bond donors (Lipinski definition) is 1. The summed E-state index contributed by atoms with van der Waals surface area (Å²) in [7, 11) is 0.646. The van der Waals surface area contributed by atoms with E-state index in [1.54, 1.807) is 57.6 Å². The molecule has 13 heteroatoms. The van der Waals surface area contributed by atoms with Gasteiger partial charge in [0.15, 0.2) is 38.0 Å². The first-order valence-corrected chi connectivity index (χ1v) is 17.6. The first-order chi connectivity index (χ1) is 21.7. The molecular weight excluding hydrogens is 620 g/mol. The van der Waals surface area contributed by atoms with E-state index in [1.165, 1.54) is 6.92 Å². The lowest BCUT2D eigenvalue weighted by Gasteiger charge is -2.21. The lowest BCUT2D eigenvalue weighted by molar-refractivity contribution is -0.114. The highest BCUT2D eigenvalue weighted by molar-refractivity contribution is 7.99. The molecule has 1 N–H and O–H groups in total. The van der Waals surface area contributed by atoms with Gasteiger partial charge < -0.3 is 33.4 Å². The van der Waals surface area contributed by atoms with Crippen LogP contribution in [-0.4, -0.2) is 70.2 Å². The van der Waals surface area contributed by atoms with Crippen molar-refractivity contribution < 1.29 is 41.6 Å². The van der Waals surface area contributed by atoms with Crippen LogP contribution in [0.15, 0.2) is 46.7 Å². The fourth-order valence-electron chi connectivity index (χ4n) is 5.11. The predicted molar refractivity (Wildman–Crippen MR) is 171 cm³/mol. The number of nitrogens with one attached hydrogen (secondary N) is 1. The quantitative estimate of drug-likeness (QED) is 0.124. The van der Waals surface area contributed by atoms with Crippen LogP contribution in [0.5, 0.6) is 28.7 Å². The lowest BCUT2D eigenvalue weighted by Crippen LogP contribution is -2.16. The smallest absolute Gasteiger partial charge is 0.203 e. The van der Waals surface area contributed by atoms with Gasteiger partial charge in [0.05, 0.1) is 46.8 Å². The summed E-state index contributed by atoms with van der Waals surface area (Å²) >= 11 is 1.63. The molecule has 11 nitrogen and oxygen atoms in total. The summed E-state index contributed by atoms with van der Waals surface area (Å²) in [4.78, 5) is 19.2. The zero-order valence-electron chi connectivity index (χ0n) is 26.4. The molecule has 0 amide bonds. The summed E-state index contributed by atoms with van der Waals surface area (Å²) in [6, 6.07) is 7.09. The summed E-state index contributed by atoms with van der Waals surface area (Å²) in [6.45, 7) is 3.84. The standard InChI is InChI=1S/C32H42N2O9S2/c1-6-13-42-31-28(41-14-7-8-15-44-32-33-11-12-34-32)18-23(19-29(31)45(36,37)20-21(2)35)25-10-9-24(43-25)22-16-26(38-3)30(40-5)27(17-22)39-4/h11-12,16-19,24-25H,6-10,13-15,20H2,1-5H3,(H,33,34)/t24-,25-/m1/s1. The number of ether oxygens (including phenoxy) is 6. The molecule has 1 aliphatic heterocycles. The van der Waals surface area contributed by atoms with Crippen molar-refractivity contribution in [1.29, 1.82) is 0 Å². The Morgan fingerprint density at radius 3 is 2.18 bits per heavy atom. The second-order valence-electron chi connectivity index (χ2n) is 10.6. The van der Waals surface area contributed by atoms with E-state index in [-0.39, 0.29) is 16.7 Å². The SMILES string of the molecule is CCCOc1c(OCCCCSc2ncc[nH]2)cc([C@H]2CC[C@H](c3cc(OC)c(OC)c(OC)c3)O2)cc1S(=O)(=O)CC(C)=O. The maximum Gasteiger partial charge on any atom is 0.203 e. The van der Waals surface area contributed by atoms with E-state index in [9.17, 15) is 13.2 Å². The number of methoxy groups -OCH3 is 3. The molecule has 45 heavy (non-hydrogen) atoms. The van der Waals surface area contributed by atoms with Crippen LogP contribution in [0, 0.1) is 0 Å². The maximum absolute atomic E-state index is 13.5. The number of ketones is 1. The van der Waals surface area contributed by atoms with E-state index < -0.39 is 27.5 Å². The Kier molecular flexibility index (Phi) is 12.4. The molecule has 0 saturated carbocycles. The van der Waals surface area contributed by atoms with E-state index in [4.69, 9.17) is 28.4 Å². The zero-order valence-corrected chi connectivity index (χ0v) is 28.1. The average Bonchev–Trinajstić information content (AvgIpc) is 3.73. The summed E-state index contributed by atoms with van der Waals surface area (Å²) < 4.78 is 62.2. The highest BCUT2D eigenvalue weighted by atomic mass is 32.2. The first kappa shape index (κ1) is 34.5. The fraction of sp³-hybridized carbons (Fsp3) is 0.500. The molecular formula is C32H42N2O9S2. The zero-order chi connectivity index (χ0) is 32.4. The van der Waals surface area contributed by atoms with Crippen LogP contribution < -0.4 is 23.7 Å². The van der Waals surface area contributed by atoms with Crippen LogP contribution >= 0.6 is 11.8 Å². The molecule has 3 aromatic rings. The molecule has 1 fully saturated rings. The molecule has 1 aliphatic rings. The van der Waals surface area contributed by atoms with Crippen LogP contribution in [0.1, 0.15) is 69.3 Å². The topological polar surface area (TPSA) is 135 Å². The number of unbranched alkanes of at least 4 members (excludes halogenated alkanes) is 1. The average molecular weight is 663 g/mol. The highest BCUT2D eigenvalue weighted by Crippen LogP contribution is 2.48. The Morgan fingerprint density at radius 2 is 1.60 bits per heavy atom. The number of sulfone groups is 1. The minimum absolute atomic E-state index is 0.0631. The van der Waals surface area contributed by atoms with Crippen molar-refractivity contribution >= 4 is 27.4 Å². The van der Waals surface area contributed by atoms with Crippen LogP contribution in [0.3, 0.4) is 0 Å². The van der Waals surface area contributed by atoms with Gasteiger partial charge in [-0.15, -0.1) is 0 Å². The summed E-state index contributed by atoms with van der Waals surface area (Å²) in [5, 5.41) is 0.862. The molecule has 0 unspecified atom stereocenters. The number of H-pyrrole nitrogens is 1. The first-order valence-electron chi connectivity index (χ1n) is 14.9. The largest absolute Gasteiger partial charge is 0.493 e. The fourth-order valence-corrected chi connectivity index (χ4v) is 7.39. The van der Waals surface area contributed by atoms with E-state index in [1.807, 2.05) is 19.1 Å². The summed E-state index contributed by atoms with van der Waals surface area (Å²) in [5.41, 5.74) is 1.49. The van der Waals surface area contributed by atoms with Gasteiger partial charge in [0.25, 0.3) is 0 Å². The van der Waals surface area contributed by atoms with Gasteiger partial charge in [-0.05, 0) is 74.4 Å². The molecule has 2 aromatic carbocycles. The second kappa shape index (κ2) is 16.2. The second-order valence-corrected chi connectivity index (χ2v) is 13.6. The van der Waals surface area contributed by atoms with E-state index >= 15 is 0 Å². The third-order valence-electron chi connectivity index (χ3n) is 7.18. The third-order valence-corrected chi connectivity index (χ3v) is 9.93. The summed E-state index contributed by atoms with van der Waals surface area (Å²) in [5.74, 6) is 1.74.